The molecule has 2 aliphatic rings. The number of carbonyl (C=O) groups is 2. The molecule has 0 aliphatic carbocycles. The fourth-order valence-corrected chi connectivity index (χ4v) is 4.74. The third kappa shape index (κ3) is 5.28. The summed E-state index contributed by atoms with van der Waals surface area (Å²) in [6.45, 7) is 6.07. The van der Waals surface area contributed by atoms with Gasteiger partial charge in [-0.3, -0.25) is 9.59 Å². The molecule has 8 nitrogen and oxygen atoms in total. The molecule has 5 rings (SSSR count). The maximum atomic E-state index is 12.6. The maximum Gasteiger partial charge on any atom is 0.251 e. The molecule has 3 aromatic rings. The van der Waals surface area contributed by atoms with E-state index in [1.54, 1.807) is 30.5 Å². The van der Waals surface area contributed by atoms with E-state index in [1.807, 2.05) is 18.2 Å². The number of hydrogen-bond acceptors (Lipinski definition) is 6. The van der Waals surface area contributed by atoms with Crippen LogP contribution >= 0.6 is 11.6 Å². The van der Waals surface area contributed by atoms with E-state index >= 15 is 0 Å². The highest BCUT2D eigenvalue weighted by Gasteiger charge is 2.22. The second-order valence-electron chi connectivity index (χ2n) is 8.94. The summed E-state index contributed by atoms with van der Waals surface area (Å²) in [5.41, 5.74) is 4.20. The molecular formula is C26H27ClN6O2. The summed E-state index contributed by atoms with van der Waals surface area (Å²) in [5, 5.41) is 9.66. The van der Waals surface area contributed by atoms with Crippen molar-refractivity contribution in [3.8, 4) is 11.3 Å². The predicted molar refractivity (Wildman–Crippen MR) is 137 cm³/mol. The van der Waals surface area contributed by atoms with Gasteiger partial charge in [0.05, 0.1) is 17.8 Å². The monoisotopic (exact) mass is 490 g/mol. The molecule has 3 N–H and O–H groups in total. The van der Waals surface area contributed by atoms with Crippen LogP contribution in [0.25, 0.3) is 11.3 Å². The molecule has 1 unspecified atom stereocenters. The number of carbonyl (C=O) groups excluding carboxylic acids is 2. The minimum atomic E-state index is -0.138. The molecule has 1 aromatic heterocycles. The largest absolute Gasteiger partial charge is 0.352 e. The van der Waals surface area contributed by atoms with Crippen molar-refractivity contribution >= 4 is 40.7 Å². The van der Waals surface area contributed by atoms with E-state index < -0.39 is 0 Å². The van der Waals surface area contributed by atoms with Gasteiger partial charge in [-0.25, -0.2) is 9.97 Å². The number of rotatable bonds is 6. The van der Waals surface area contributed by atoms with E-state index in [1.165, 1.54) is 0 Å². The van der Waals surface area contributed by atoms with Crippen LogP contribution in [0, 0.1) is 5.92 Å². The summed E-state index contributed by atoms with van der Waals surface area (Å²) < 4.78 is 0. The molecule has 0 saturated carbocycles. The molecule has 180 valence electrons. The van der Waals surface area contributed by atoms with Gasteiger partial charge in [-0.2, -0.15) is 0 Å². The molecule has 1 saturated heterocycles. The molecule has 9 heteroatoms. The number of nitrogens with zero attached hydrogens (tertiary/aromatic N) is 3. The lowest BCUT2D eigenvalue weighted by Gasteiger charge is -2.14. The molecule has 0 bridgehead atoms. The summed E-state index contributed by atoms with van der Waals surface area (Å²) in [7, 11) is 0. The Balaban J connectivity index is 1.27. The second kappa shape index (κ2) is 10.0. The number of benzene rings is 2. The Labute approximate surface area is 209 Å². The topological polar surface area (TPSA) is 99.2 Å². The molecule has 2 aromatic carbocycles. The Kier molecular flexibility index (Phi) is 6.66. The Morgan fingerprint density at radius 1 is 1.23 bits per heavy atom. The van der Waals surface area contributed by atoms with Crippen molar-refractivity contribution in [3.63, 3.8) is 0 Å². The molecule has 2 amide bonds. The van der Waals surface area contributed by atoms with Gasteiger partial charge in [0.1, 0.15) is 0 Å². The number of anilines is 3. The van der Waals surface area contributed by atoms with Crippen molar-refractivity contribution in [2.24, 2.45) is 5.92 Å². The number of halogens is 1. The first-order valence-corrected chi connectivity index (χ1v) is 12.2. The summed E-state index contributed by atoms with van der Waals surface area (Å²) in [6, 6.07) is 12.6. The standard InChI is InChI=1S/C26H27ClN6O2/c1-2-33-10-9-16(15-33)13-28-25(35)17-3-6-20(7-4-17)30-26-29-14-18-11-23(34)31-22-12-19(27)5-8-21(22)24(18)32-26/h3-8,12,14,16H,2,9-11,13,15H2,1H3,(H,28,35)(H,31,34)(H,29,30,32). The molecular weight excluding hydrogens is 464 g/mol. The minimum Gasteiger partial charge on any atom is -0.352 e. The van der Waals surface area contributed by atoms with Crippen LogP contribution in [-0.2, 0) is 11.2 Å². The molecule has 1 fully saturated rings. The number of likely N-dealkylation sites (tertiary alicyclic amines) is 1. The van der Waals surface area contributed by atoms with Crippen LogP contribution in [0.3, 0.4) is 0 Å². The van der Waals surface area contributed by atoms with Gasteiger partial charge >= 0.3 is 0 Å². The van der Waals surface area contributed by atoms with Crippen LogP contribution in [0.4, 0.5) is 17.3 Å². The Hall–Kier alpha value is -3.49. The molecule has 3 heterocycles. The van der Waals surface area contributed by atoms with Crippen LogP contribution in [0.1, 0.15) is 29.3 Å². The lowest BCUT2D eigenvalue weighted by atomic mass is 10.1. The Morgan fingerprint density at radius 2 is 2.06 bits per heavy atom. The van der Waals surface area contributed by atoms with Gasteiger partial charge in [-0.1, -0.05) is 18.5 Å². The summed E-state index contributed by atoms with van der Waals surface area (Å²) in [6.07, 6.45) is 2.97. The lowest BCUT2D eigenvalue weighted by molar-refractivity contribution is -0.115. The molecule has 35 heavy (non-hydrogen) atoms. The molecule has 0 radical (unpaired) electrons. The lowest BCUT2D eigenvalue weighted by Crippen LogP contribution is -2.31. The first kappa shape index (κ1) is 23.3. The van der Waals surface area contributed by atoms with Crippen LogP contribution in [0.15, 0.2) is 48.7 Å². The van der Waals surface area contributed by atoms with Gasteiger partial charge in [0.2, 0.25) is 11.9 Å². The van der Waals surface area contributed by atoms with Gasteiger partial charge in [-0.05, 0) is 67.9 Å². The summed E-state index contributed by atoms with van der Waals surface area (Å²) >= 11 is 6.12. The van der Waals surface area contributed by atoms with E-state index in [0.717, 1.165) is 42.9 Å². The number of fused-ring (bicyclic) bond motifs is 3. The fourth-order valence-electron chi connectivity index (χ4n) is 4.56. The normalized spacial score (nSPS) is 17.2. The average Bonchev–Trinajstić information content (AvgIpc) is 3.27. The van der Waals surface area contributed by atoms with Crippen molar-refractivity contribution in [2.75, 3.05) is 36.8 Å². The number of aromatic nitrogens is 2. The van der Waals surface area contributed by atoms with Crippen molar-refractivity contribution in [1.82, 2.24) is 20.2 Å². The maximum absolute atomic E-state index is 12.6. The van der Waals surface area contributed by atoms with Gasteiger partial charge in [0.25, 0.3) is 5.91 Å². The van der Waals surface area contributed by atoms with E-state index in [-0.39, 0.29) is 18.2 Å². The van der Waals surface area contributed by atoms with Crippen molar-refractivity contribution in [2.45, 2.75) is 19.8 Å². The van der Waals surface area contributed by atoms with E-state index in [4.69, 9.17) is 11.6 Å². The zero-order chi connectivity index (χ0) is 24.4. The number of amides is 2. The van der Waals surface area contributed by atoms with Crippen LogP contribution < -0.4 is 16.0 Å². The van der Waals surface area contributed by atoms with Crippen molar-refractivity contribution in [3.05, 3.63) is 64.8 Å². The predicted octanol–water partition coefficient (Wildman–Crippen LogP) is 4.11. The molecule has 0 spiro atoms. The van der Waals surface area contributed by atoms with Crippen molar-refractivity contribution < 1.29 is 9.59 Å². The minimum absolute atomic E-state index is 0.0692. The van der Waals surface area contributed by atoms with Crippen LogP contribution in [0.5, 0.6) is 0 Å². The number of hydrogen-bond donors (Lipinski definition) is 3. The highest BCUT2D eigenvalue weighted by Crippen LogP contribution is 2.34. The Morgan fingerprint density at radius 3 is 2.83 bits per heavy atom. The SMILES string of the molecule is CCN1CCC(CNC(=O)c2ccc(Nc3ncc4c(n3)-c3ccc(Cl)cc3NC(=O)C4)cc2)C1. The highest BCUT2D eigenvalue weighted by molar-refractivity contribution is 6.31. The van der Waals surface area contributed by atoms with Crippen LogP contribution in [0.2, 0.25) is 5.02 Å². The number of nitrogens with one attached hydrogen (secondary N) is 3. The second-order valence-corrected chi connectivity index (χ2v) is 9.38. The smallest absolute Gasteiger partial charge is 0.251 e. The van der Waals surface area contributed by atoms with Gasteiger partial charge in [-0.15, -0.1) is 0 Å². The highest BCUT2D eigenvalue weighted by atomic mass is 35.5. The van der Waals surface area contributed by atoms with E-state index in [9.17, 15) is 9.59 Å². The summed E-state index contributed by atoms with van der Waals surface area (Å²) in [4.78, 5) is 36.3. The fraction of sp³-hybridized carbons (Fsp3) is 0.308. The zero-order valence-electron chi connectivity index (χ0n) is 19.5. The van der Waals surface area contributed by atoms with Gasteiger partial charge in [0.15, 0.2) is 0 Å². The van der Waals surface area contributed by atoms with E-state index in [0.29, 0.717) is 40.4 Å². The third-order valence-electron chi connectivity index (χ3n) is 6.50. The zero-order valence-corrected chi connectivity index (χ0v) is 20.2. The van der Waals surface area contributed by atoms with Gasteiger partial charge < -0.3 is 20.9 Å². The van der Waals surface area contributed by atoms with Crippen LogP contribution in [-0.4, -0.2) is 52.9 Å². The molecule has 1 atom stereocenters. The third-order valence-corrected chi connectivity index (χ3v) is 6.73. The van der Waals surface area contributed by atoms with Gasteiger partial charge in [0, 0.05) is 46.7 Å². The first-order valence-electron chi connectivity index (χ1n) is 11.8. The average molecular weight is 491 g/mol. The molecule has 2 aliphatic heterocycles. The first-order chi connectivity index (χ1) is 17.0. The van der Waals surface area contributed by atoms with E-state index in [2.05, 4.69) is 37.7 Å². The van der Waals surface area contributed by atoms with Crippen molar-refractivity contribution in [1.29, 1.82) is 0 Å². The summed E-state index contributed by atoms with van der Waals surface area (Å²) in [5.74, 6) is 0.705. The quantitative estimate of drug-likeness (QED) is 0.481. The Bertz CT molecular complexity index is 1260.